The Hall–Kier alpha value is -1.24. The second-order valence-corrected chi connectivity index (χ2v) is 7.55. The zero-order valence-corrected chi connectivity index (χ0v) is 15.5. The first kappa shape index (κ1) is 18.1. The minimum Gasteiger partial charge on any atom is -0.503 e. The molecule has 0 radical (unpaired) electrons. The molecule has 0 saturated carbocycles. The number of amides is 1. The van der Waals surface area contributed by atoms with E-state index in [4.69, 9.17) is 28.6 Å². The van der Waals surface area contributed by atoms with Crippen molar-refractivity contribution in [3.63, 3.8) is 0 Å². The van der Waals surface area contributed by atoms with Crippen LogP contribution in [0, 0.1) is 5.92 Å². The average molecular weight is 372 g/mol. The van der Waals surface area contributed by atoms with Gasteiger partial charge in [-0.1, -0.05) is 49.4 Å². The molecule has 0 atom stereocenters. The zero-order chi connectivity index (χ0) is 17.1. The number of thiocarbonyl (C=S) groups is 1. The number of hydrogen-bond acceptors (Lipinski definition) is 5. The minimum atomic E-state index is -0.101. The fraction of sp³-hybridized carbons (Fsp3) is 0.375. The summed E-state index contributed by atoms with van der Waals surface area (Å²) in [6.07, 6.45) is 1.72. The summed E-state index contributed by atoms with van der Waals surface area (Å²) >= 11 is 12.6. The summed E-state index contributed by atoms with van der Waals surface area (Å²) in [5.41, 5.74) is 0.682. The first-order valence-electron chi connectivity index (χ1n) is 7.24. The largest absolute Gasteiger partial charge is 0.503 e. The first-order chi connectivity index (χ1) is 10.8. The molecular formula is C16H18ClNO3S2. The highest BCUT2D eigenvalue weighted by Crippen LogP contribution is 2.38. The molecule has 1 fully saturated rings. The highest BCUT2D eigenvalue weighted by Gasteiger charge is 2.32. The number of halogens is 1. The number of phenols is 1. The lowest BCUT2D eigenvalue weighted by molar-refractivity contribution is -0.122. The summed E-state index contributed by atoms with van der Waals surface area (Å²) in [4.78, 5) is 14.6. The molecular weight excluding hydrogens is 354 g/mol. The van der Waals surface area contributed by atoms with Crippen LogP contribution < -0.4 is 4.74 Å². The number of thioether (sulfide) groups is 1. The number of ether oxygens (including phenoxy) is 1. The van der Waals surface area contributed by atoms with Crippen LogP contribution in [0.1, 0.15) is 26.3 Å². The fourth-order valence-electron chi connectivity index (χ4n) is 2.12. The van der Waals surface area contributed by atoms with Crippen LogP contribution in [0.25, 0.3) is 6.08 Å². The number of nitrogens with zero attached hydrogens (tertiary/aromatic N) is 1. The predicted octanol–water partition coefficient (Wildman–Crippen LogP) is 4.30. The van der Waals surface area contributed by atoms with Crippen molar-refractivity contribution in [2.24, 2.45) is 5.92 Å². The van der Waals surface area contributed by atoms with Gasteiger partial charge in [0.05, 0.1) is 16.5 Å². The number of carbonyl (C=O) groups excluding carboxylic acids is 1. The molecule has 0 unspecified atom stereocenters. The minimum absolute atomic E-state index is 0.0991. The van der Waals surface area contributed by atoms with Crippen molar-refractivity contribution in [3.8, 4) is 11.5 Å². The van der Waals surface area contributed by atoms with E-state index in [-0.39, 0.29) is 16.7 Å². The van der Waals surface area contributed by atoms with E-state index < -0.39 is 0 Å². The zero-order valence-electron chi connectivity index (χ0n) is 13.1. The van der Waals surface area contributed by atoms with Crippen molar-refractivity contribution in [1.29, 1.82) is 0 Å². The molecule has 1 saturated heterocycles. The summed E-state index contributed by atoms with van der Waals surface area (Å²) in [5.74, 6) is 0.433. The highest BCUT2D eigenvalue weighted by molar-refractivity contribution is 8.26. The van der Waals surface area contributed by atoms with Gasteiger partial charge in [-0.05, 0) is 36.6 Å². The Bertz CT molecular complexity index is 674. The van der Waals surface area contributed by atoms with E-state index in [9.17, 15) is 9.90 Å². The van der Waals surface area contributed by atoms with Gasteiger partial charge in [0, 0.05) is 6.54 Å². The Morgan fingerprint density at radius 1 is 1.48 bits per heavy atom. The lowest BCUT2D eigenvalue weighted by Gasteiger charge is -2.16. The molecule has 7 heteroatoms. The number of carbonyl (C=O) groups is 1. The van der Waals surface area contributed by atoms with Crippen LogP contribution >= 0.6 is 35.6 Å². The molecule has 124 valence electrons. The van der Waals surface area contributed by atoms with Gasteiger partial charge in [0.2, 0.25) is 0 Å². The van der Waals surface area contributed by atoms with Crippen LogP contribution in [0.5, 0.6) is 11.5 Å². The van der Waals surface area contributed by atoms with Crippen molar-refractivity contribution in [2.45, 2.75) is 20.8 Å². The third-order valence-corrected chi connectivity index (χ3v) is 4.74. The molecule has 1 amide bonds. The molecule has 1 heterocycles. The molecule has 1 aromatic carbocycles. The molecule has 0 aliphatic carbocycles. The second-order valence-electron chi connectivity index (χ2n) is 5.47. The van der Waals surface area contributed by atoms with Gasteiger partial charge in [-0.2, -0.15) is 0 Å². The van der Waals surface area contributed by atoms with Gasteiger partial charge in [0.15, 0.2) is 11.5 Å². The Labute approximate surface area is 150 Å². The molecule has 1 aromatic rings. The monoisotopic (exact) mass is 371 g/mol. The Morgan fingerprint density at radius 2 is 2.17 bits per heavy atom. The maximum atomic E-state index is 12.5. The van der Waals surface area contributed by atoms with Crippen LogP contribution in [0.2, 0.25) is 5.02 Å². The molecule has 2 rings (SSSR count). The van der Waals surface area contributed by atoms with E-state index >= 15 is 0 Å². The molecule has 0 spiro atoms. The van der Waals surface area contributed by atoms with E-state index in [2.05, 4.69) is 0 Å². The van der Waals surface area contributed by atoms with Crippen molar-refractivity contribution < 1.29 is 14.6 Å². The van der Waals surface area contributed by atoms with Gasteiger partial charge in [-0.25, -0.2) is 0 Å². The molecule has 1 aliphatic heterocycles. The average Bonchev–Trinajstić information content (AvgIpc) is 2.72. The summed E-state index contributed by atoms with van der Waals surface area (Å²) < 4.78 is 5.91. The normalized spacial score (nSPS) is 16.7. The maximum Gasteiger partial charge on any atom is 0.266 e. The number of phenolic OH excluding ortho intramolecular Hbond substituents is 1. The van der Waals surface area contributed by atoms with Crippen molar-refractivity contribution >= 4 is 51.9 Å². The molecule has 23 heavy (non-hydrogen) atoms. The lowest BCUT2D eigenvalue weighted by Crippen LogP contribution is -2.31. The summed E-state index contributed by atoms with van der Waals surface area (Å²) in [5, 5.41) is 10.1. The van der Waals surface area contributed by atoms with Gasteiger partial charge in [0.1, 0.15) is 4.32 Å². The van der Waals surface area contributed by atoms with Gasteiger partial charge in [0.25, 0.3) is 5.91 Å². The topological polar surface area (TPSA) is 49.8 Å². The number of aromatic hydroxyl groups is 1. The van der Waals surface area contributed by atoms with Gasteiger partial charge < -0.3 is 9.84 Å². The smallest absolute Gasteiger partial charge is 0.266 e. The molecule has 1 N–H and O–H groups in total. The van der Waals surface area contributed by atoms with Crippen molar-refractivity contribution in [2.75, 3.05) is 13.2 Å². The van der Waals surface area contributed by atoms with E-state index in [1.807, 2.05) is 20.8 Å². The van der Waals surface area contributed by atoms with Crippen molar-refractivity contribution in [3.05, 3.63) is 27.6 Å². The summed E-state index contributed by atoms with van der Waals surface area (Å²) in [7, 11) is 0. The molecule has 4 nitrogen and oxygen atoms in total. The Balaban J connectivity index is 2.32. The Kier molecular flexibility index (Phi) is 5.95. The number of benzene rings is 1. The number of hydrogen-bond donors (Lipinski definition) is 1. The summed E-state index contributed by atoms with van der Waals surface area (Å²) in [6, 6.07) is 3.24. The van der Waals surface area contributed by atoms with E-state index in [1.54, 1.807) is 23.1 Å². The standard InChI is InChI=1S/C16H18ClNO3S2/c1-4-21-12-6-10(5-11(17)14(12)19)7-13-15(20)18(8-9(2)3)16(22)23-13/h5-7,9,19H,4,8H2,1-3H3. The van der Waals surface area contributed by atoms with Gasteiger partial charge >= 0.3 is 0 Å². The highest BCUT2D eigenvalue weighted by atomic mass is 35.5. The van der Waals surface area contributed by atoms with Crippen LogP contribution in [-0.4, -0.2) is 33.4 Å². The van der Waals surface area contributed by atoms with Gasteiger partial charge in [-0.15, -0.1) is 0 Å². The molecule has 0 aromatic heterocycles. The quantitative estimate of drug-likeness (QED) is 0.617. The second kappa shape index (κ2) is 7.55. The third-order valence-electron chi connectivity index (χ3n) is 3.07. The van der Waals surface area contributed by atoms with E-state index in [0.29, 0.717) is 39.6 Å². The number of rotatable bonds is 5. The third kappa shape index (κ3) is 4.19. The van der Waals surface area contributed by atoms with E-state index in [1.165, 1.54) is 11.8 Å². The maximum absolute atomic E-state index is 12.5. The lowest BCUT2D eigenvalue weighted by atomic mass is 10.1. The molecule has 1 aliphatic rings. The van der Waals surface area contributed by atoms with Crippen LogP contribution in [0.3, 0.4) is 0 Å². The predicted molar refractivity (Wildman–Crippen MR) is 99.0 cm³/mol. The first-order valence-corrected chi connectivity index (χ1v) is 8.84. The van der Waals surface area contributed by atoms with Crippen molar-refractivity contribution in [1.82, 2.24) is 4.90 Å². The van der Waals surface area contributed by atoms with Crippen LogP contribution in [0.4, 0.5) is 0 Å². The summed E-state index contributed by atoms with van der Waals surface area (Å²) in [6.45, 7) is 6.90. The Morgan fingerprint density at radius 3 is 2.78 bits per heavy atom. The van der Waals surface area contributed by atoms with Gasteiger partial charge in [-0.3, -0.25) is 9.69 Å². The molecule has 0 bridgehead atoms. The fourth-order valence-corrected chi connectivity index (χ4v) is 3.61. The van der Waals surface area contributed by atoms with Crippen LogP contribution in [-0.2, 0) is 4.79 Å². The van der Waals surface area contributed by atoms with E-state index in [0.717, 1.165) is 0 Å². The van der Waals surface area contributed by atoms with Crippen LogP contribution in [0.15, 0.2) is 17.0 Å². The SMILES string of the molecule is CCOc1cc(C=C2SC(=S)N(CC(C)C)C2=O)cc(Cl)c1O.